The number of anilines is 2. The van der Waals surface area contributed by atoms with Crippen LogP contribution in [0.15, 0.2) is 30.5 Å². The molecule has 4 nitrogen and oxygen atoms in total. The van der Waals surface area contributed by atoms with Gasteiger partial charge >= 0.3 is 5.97 Å². The molecule has 0 spiro atoms. The summed E-state index contributed by atoms with van der Waals surface area (Å²) in [6.45, 7) is 2.06. The molecule has 0 amide bonds. The Morgan fingerprint density at radius 3 is 2.52 bits per heavy atom. The van der Waals surface area contributed by atoms with Crippen molar-refractivity contribution in [3.05, 3.63) is 51.1 Å². The Morgan fingerprint density at radius 2 is 1.90 bits per heavy atom. The lowest BCUT2D eigenvalue weighted by atomic mass is 10.2. The zero-order valence-electron chi connectivity index (χ0n) is 11.0. The minimum atomic E-state index is -0.413. The highest BCUT2D eigenvalue weighted by atomic mass is 35.5. The molecule has 0 aliphatic heterocycles. The molecule has 110 valence electrons. The van der Waals surface area contributed by atoms with Gasteiger partial charge in [-0.25, -0.2) is 9.78 Å². The van der Waals surface area contributed by atoms with Gasteiger partial charge in [0.1, 0.15) is 5.82 Å². The highest BCUT2D eigenvalue weighted by Crippen LogP contribution is 2.33. The molecule has 0 saturated carbocycles. The van der Waals surface area contributed by atoms with E-state index in [-0.39, 0.29) is 0 Å². The number of hydrogen-bond acceptors (Lipinski definition) is 4. The van der Waals surface area contributed by atoms with Gasteiger partial charge in [-0.05, 0) is 31.2 Å². The summed E-state index contributed by atoms with van der Waals surface area (Å²) in [5.74, 6) is 0.104. The van der Waals surface area contributed by atoms with Crippen molar-refractivity contribution in [2.24, 2.45) is 0 Å². The van der Waals surface area contributed by atoms with Crippen LogP contribution in [0.4, 0.5) is 11.5 Å². The molecule has 7 heteroatoms. The second kappa shape index (κ2) is 6.98. The van der Waals surface area contributed by atoms with Gasteiger partial charge in [0, 0.05) is 6.20 Å². The van der Waals surface area contributed by atoms with Crippen molar-refractivity contribution in [2.75, 3.05) is 11.9 Å². The number of nitrogens with zero attached hydrogens (tertiary/aromatic N) is 1. The van der Waals surface area contributed by atoms with Gasteiger partial charge in [-0.1, -0.05) is 34.8 Å². The quantitative estimate of drug-likeness (QED) is 0.628. The second-order valence-corrected chi connectivity index (χ2v) is 5.25. The predicted molar refractivity (Wildman–Crippen MR) is 84.9 cm³/mol. The van der Waals surface area contributed by atoms with E-state index < -0.39 is 5.97 Å². The molecular formula is C14H11Cl3N2O2. The third-order valence-electron chi connectivity index (χ3n) is 2.55. The van der Waals surface area contributed by atoms with Crippen LogP contribution in [-0.2, 0) is 4.74 Å². The second-order valence-electron chi connectivity index (χ2n) is 4.02. The molecule has 0 unspecified atom stereocenters. The van der Waals surface area contributed by atoms with E-state index in [0.717, 1.165) is 0 Å². The van der Waals surface area contributed by atoms with Crippen LogP contribution in [0.5, 0.6) is 0 Å². The smallest absolute Gasteiger partial charge is 0.339 e. The van der Waals surface area contributed by atoms with Gasteiger partial charge in [0.25, 0.3) is 0 Å². The number of ether oxygens (including phenoxy) is 1. The van der Waals surface area contributed by atoms with Gasteiger partial charge < -0.3 is 10.1 Å². The summed E-state index contributed by atoms with van der Waals surface area (Å²) in [4.78, 5) is 15.6. The summed E-state index contributed by atoms with van der Waals surface area (Å²) in [5, 5.41) is 4.17. The molecule has 0 bridgehead atoms. The Hall–Kier alpha value is -1.49. The molecule has 0 aliphatic carbocycles. The molecule has 1 heterocycles. The zero-order valence-corrected chi connectivity index (χ0v) is 13.3. The highest BCUT2D eigenvalue weighted by molar-refractivity contribution is 6.44. The van der Waals surface area contributed by atoms with Crippen LogP contribution in [0, 0.1) is 0 Å². The summed E-state index contributed by atoms with van der Waals surface area (Å²) >= 11 is 17.9. The summed E-state index contributed by atoms with van der Waals surface area (Å²) in [5.41, 5.74) is 0.949. The van der Waals surface area contributed by atoms with Crippen molar-refractivity contribution in [1.82, 2.24) is 4.98 Å². The first kappa shape index (κ1) is 15.9. The van der Waals surface area contributed by atoms with Crippen molar-refractivity contribution >= 4 is 52.3 Å². The maximum Gasteiger partial charge on any atom is 0.339 e. The number of esters is 1. The lowest BCUT2D eigenvalue weighted by Crippen LogP contribution is -2.05. The van der Waals surface area contributed by atoms with E-state index in [0.29, 0.717) is 38.7 Å². The molecule has 0 fully saturated rings. The van der Waals surface area contributed by atoms with Crippen molar-refractivity contribution < 1.29 is 9.53 Å². The molecule has 0 aliphatic rings. The number of benzene rings is 1. The first-order chi connectivity index (χ1) is 10.0. The van der Waals surface area contributed by atoms with Gasteiger partial charge in [0.15, 0.2) is 0 Å². The molecule has 2 rings (SSSR count). The average molecular weight is 346 g/mol. The predicted octanol–water partition coefficient (Wildman–Crippen LogP) is 4.96. The van der Waals surface area contributed by atoms with E-state index in [1.54, 1.807) is 31.2 Å². The maximum atomic E-state index is 11.5. The largest absolute Gasteiger partial charge is 0.462 e. The number of halogens is 3. The third-order valence-corrected chi connectivity index (χ3v) is 3.58. The monoisotopic (exact) mass is 344 g/mol. The molecular weight excluding hydrogens is 335 g/mol. The van der Waals surface area contributed by atoms with E-state index >= 15 is 0 Å². The summed E-state index contributed by atoms with van der Waals surface area (Å²) in [7, 11) is 0. The molecule has 1 aromatic carbocycles. The Kier molecular flexibility index (Phi) is 5.28. The highest BCUT2D eigenvalue weighted by Gasteiger charge is 2.09. The minimum Gasteiger partial charge on any atom is -0.462 e. The van der Waals surface area contributed by atoms with Crippen molar-refractivity contribution in [1.29, 1.82) is 0 Å². The van der Waals surface area contributed by atoms with Crippen molar-refractivity contribution in [2.45, 2.75) is 6.92 Å². The number of pyridine rings is 1. The molecule has 1 aromatic heterocycles. The topological polar surface area (TPSA) is 51.2 Å². The average Bonchev–Trinajstić information content (AvgIpc) is 2.46. The molecule has 2 aromatic rings. The fourth-order valence-corrected chi connectivity index (χ4v) is 2.15. The standard InChI is InChI=1S/C14H11Cl3N2O2/c1-2-21-14(20)8-3-4-13(18-7-8)19-12-6-10(16)9(15)5-11(12)17/h3-7H,2H2,1H3,(H,18,19). The number of carbonyl (C=O) groups is 1. The van der Waals surface area contributed by atoms with E-state index in [4.69, 9.17) is 39.5 Å². The normalized spacial score (nSPS) is 10.3. The van der Waals surface area contributed by atoms with E-state index in [1.807, 2.05) is 0 Å². The van der Waals surface area contributed by atoms with Gasteiger partial charge in [-0.15, -0.1) is 0 Å². The SMILES string of the molecule is CCOC(=O)c1ccc(Nc2cc(Cl)c(Cl)cc2Cl)nc1. The lowest BCUT2D eigenvalue weighted by Gasteiger charge is -2.09. The Balaban J connectivity index is 2.17. The number of nitrogens with one attached hydrogen (secondary N) is 1. The fourth-order valence-electron chi connectivity index (χ4n) is 1.56. The van der Waals surface area contributed by atoms with E-state index in [1.165, 1.54) is 6.20 Å². The molecule has 1 N–H and O–H groups in total. The van der Waals surface area contributed by atoms with Crippen LogP contribution in [0.3, 0.4) is 0 Å². The Labute approximate surface area is 137 Å². The van der Waals surface area contributed by atoms with Crippen LogP contribution in [0.2, 0.25) is 15.1 Å². The van der Waals surface area contributed by atoms with Crippen LogP contribution in [0.1, 0.15) is 17.3 Å². The summed E-state index contributed by atoms with van der Waals surface area (Å²) < 4.78 is 4.88. The molecule has 0 radical (unpaired) electrons. The van der Waals surface area contributed by atoms with E-state index in [9.17, 15) is 4.79 Å². The van der Waals surface area contributed by atoms with Crippen molar-refractivity contribution in [3.8, 4) is 0 Å². The van der Waals surface area contributed by atoms with E-state index in [2.05, 4.69) is 10.3 Å². The summed E-state index contributed by atoms with van der Waals surface area (Å²) in [6.07, 6.45) is 1.42. The van der Waals surface area contributed by atoms with Gasteiger partial charge in [0.05, 0.1) is 32.9 Å². The van der Waals surface area contributed by atoms with Crippen LogP contribution < -0.4 is 5.32 Å². The number of aromatic nitrogens is 1. The van der Waals surface area contributed by atoms with Crippen LogP contribution >= 0.6 is 34.8 Å². The third kappa shape index (κ3) is 4.00. The van der Waals surface area contributed by atoms with Gasteiger partial charge in [0.2, 0.25) is 0 Å². The Morgan fingerprint density at radius 1 is 1.19 bits per heavy atom. The van der Waals surface area contributed by atoms with Crippen LogP contribution in [0.25, 0.3) is 0 Å². The molecule has 0 atom stereocenters. The first-order valence-electron chi connectivity index (χ1n) is 6.06. The zero-order chi connectivity index (χ0) is 15.4. The number of rotatable bonds is 4. The lowest BCUT2D eigenvalue weighted by molar-refractivity contribution is 0.0526. The van der Waals surface area contributed by atoms with Crippen molar-refractivity contribution in [3.63, 3.8) is 0 Å². The Bertz CT molecular complexity index is 660. The molecule has 0 saturated heterocycles. The number of hydrogen-bond donors (Lipinski definition) is 1. The van der Waals surface area contributed by atoms with Gasteiger partial charge in [-0.2, -0.15) is 0 Å². The number of carbonyl (C=O) groups excluding carboxylic acids is 1. The maximum absolute atomic E-state index is 11.5. The van der Waals surface area contributed by atoms with Gasteiger partial charge in [-0.3, -0.25) is 0 Å². The van der Waals surface area contributed by atoms with Crippen LogP contribution in [-0.4, -0.2) is 17.6 Å². The minimum absolute atomic E-state index is 0.317. The first-order valence-corrected chi connectivity index (χ1v) is 7.19. The molecule has 21 heavy (non-hydrogen) atoms. The summed E-state index contributed by atoms with van der Waals surface area (Å²) in [6, 6.07) is 6.40. The fraction of sp³-hybridized carbons (Fsp3) is 0.143.